The minimum Gasteiger partial charge on any atom is -0.493 e. The topological polar surface area (TPSA) is 146 Å². The van der Waals surface area contributed by atoms with E-state index >= 15 is 0 Å². The zero-order valence-corrected chi connectivity index (χ0v) is 14.0. The van der Waals surface area contributed by atoms with Gasteiger partial charge in [0.1, 0.15) is 12.4 Å². The van der Waals surface area contributed by atoms with E-state index in [2.05, 4.69) is 10.4 Å². The number of nitro groups is 1. The molecule has 0 unspecified atom stereocenters. The Morgan fingerprint density at radius 1 is 1.35 bits per heavy atom. The maximum absolute atomic E-state index is 12.1. The number of rotatable bonds is 8. The van der Waals surface area contributed by atoms with Crippen molar-refractivity contribution in [2.75, 3.05) is 19.5 Å². The molecule has 2 N–H and O–H groups in total. The van der Waals surface area contributed by atoms with Crippen molar-refractivity contribution in [3.8, 4) is 11.5 Å². The molecule has 2 rings (SSSR count). The van der Waals surface area contributed by atoms with Crippen LogP contribution in [0, 0.1) is 10.1 Å². The van der Waals surface area contributed by atoms with Gasteiger partial charge in [-0.05, 0) is 12.1 Å². The monoisotopic (exact) mass is 364 g/mol. The largest absolute Gasteiger partial charge is 0.493 e. The van der Waals surface area contributed by atoms with Gasteiger partial charge >= 0.3 is 11.7 Å². The molecule has 1 amide bonds. The van der Waals surface area contributed by atoms with E-state index in [4.69, 9.17) is 14.6 Å². The lowest BCUT2D eigenvalue weighted by Gasteiger charge is -2.14. The summed E-state index contributed by atoms with van der Waals surface area (Å²) in [7, 11) is 2.70. The third kappa shape index (κ3) is 4.26. The summed E-state index contributed by atoms with van der Waals surface area (Å²) < 4.78 is 11.5. The number of ether oxygens (including phenoxy) is 2. The SMILES string of the molecule is COc1cc(C(=O)O)cc(NC(=O)CCn2cc([N+](=O)[O-])cn2)c1OC. The van der Waals surface area contributed by atoms with E-state index < -0.39 is 16.8 Å². The summed E-state index contributed by atoms with van der Waals surface area (Å²) in [6.07, 6.45) is 2.26. The third-order valence-electron chi connectivity index (χ3n) is 3.40. The van der Waals surface area contributed by atoms with Crippen molar-refractivity contribution in [1.29, 1.82) is 0 Å². The number of hydrogen-bond donors (Lipinski definition) is 2. The van der Waals surface area contributed by atoms with Crippen LogP contribution in [-0.2, 0) is 11.3 Å². The van der Waals surface area contributed by atoms with Crippen molar-refractivity contribution in [1.82, 2.24) is 9.78 Å². The van der Waals surface area contributed by atoms with Gasteiger partial charge in [-0.3, -0.25) is 19.6 Å². The maximum atomic E-state index is 12.1. The van der Waals surface area contributed by atoms with Crippen LogP contribution in [0.5, 0.6) is 11.5 Å². The van der Waals surface area contributed by atoms with Gasteiger partial charge in [-0.15, -0.1) is 0 Å². The Labute approximate surface area is 147 Å². The molecule has 26 heavy (non-hydrogen) atoms. The maximum Gasteiger partial charge on any atom is 0.335 e. The van der Waals surface area contributed by atoms with Crippen molar-refractivity contribution in [2.24, 2.45) is 0 Å². The van der Waals surface area contributed by atoms with E-state index in [0.29, 0.717) is 0 Å². The fraction of sp³-hybridized carbons (Fsp3) is 0.267. The predicted molar refractivity (Wildman–Crippen MR) is 88.6 cm³/mol. The second-order valence-electron chi connectivity index (χ2n) is 5.08. The summed E-state index contributed by atoms with van der Waals surface area (Å²) in [5.74, 6) is -1.30. The molecule has 0 radical (unpaired) electrons. The average Bonchev–Trinajstić information content (AvgIpc) is 3.08. The number of carbonyl (C=O) groups excluding carboxylic acids is 1. The highest BCUT2D eigenvalue weighted by Gasteiger charge is 2.18. The number of methoxy groups -OCH3 is 2. The number of carboxylic acids is 1. The molecule has 2 aromatic rings. The van der Waals surface area contributed by atoms with Crippen molar-refractivity contribution in [2.45, 2.75) is 13.0 Å². The summed E-state index contributed by atoms with van der Waals surface area (Å²) in [6.45, 7) is 0.109. The number of hydrogen-bond acceptors (Lipinski definition) is 7. The van der Waals surface area contributed by atoms with E-state index in [1.807, 2.05) is 0 Å². The second kappa shape index (κ2) is 7.96. The van der Waals surface area contributed by atoms with Crippen LogP contribution in [0.3, 0.4) is 0 Å². The summed E-state index contributed by atoms with van der Waals surface area (Å²) in [6, 6.07) is 2.53. The lowest BCUT2D eigenvalue weighted by Crippen LogP contribution is -2.16. The number of aryl methyl sites for hydroxylation is 1. The Kier molecular flexibility index (Phi) is 5.73. The van der Waals surface area contributed by atoms with Crippen LogP contribution in [0.15, 0.2) is 24.5 Å². The van der Waals surface area contributed by atoms with Gasteiger partial charge in [0.05, 0.1) is 30.4 Å². The smallest absolute Gasteiger partial charge is 0.335 e. The minimum atomic E-state index is -1.19. The van der Waals surface area contributed by atoms with Crippen LogP contribution in [0.2, 0.25) is 0 Å². The van der Waals surface area contributed by atoms with Gasteiger partial charge in [-0.2, -0.15) is 5.10 Å². The molecule has 11 heteroatoms. The van der Waals surface area contributed by atoms with E-state index in [1.165, 1.54) is 37.2 Å². The van der Waals surface area contributed by atoms with Crippen molar-refractivity contribution in [3.63, 3.8) is 0 Å². The molecule has 138 valence electrons. The van der Waals surface area contributed by atoms with Crippen LogP contribution >= 0.6 is 0 Å². The average molecular weight is 364 g/mol. The van der Waals surface area contributed by atoms with Crippen molar-refractivity contribution in [3.05, 3.63) is 40.2 Å². The first-order valence-electron chi connectivity index (χ1n) is 7.31. The summed E-state index contributed by atoms with van der Waals surface area (Å²) in [5.41, 5.74) is -0.118. The fourth-order valence-electron chi connectivity index (χ4n) is 2.18. The molecule has 1 heterocycles. The number of nitrogens with zero attached hydrogens (tertiary/aromatic N) is 3. The van der Waals surface area contributed by atoms with E-state index in [1.54, 1.807) is 0 Å². The molecule has 1 aromatic carbocycles. The third-order valence-corrected chi connectivity index (χ3v) is 3.40. The van der Waals surface area contributed by atoms with Gasteiger partial charge in [0, 0.05) is 13.0 Å². The van der Waals surface area contributed by atoms with Gasteiger partial charge in [-0.1, -0.05) is 0 Å². The number of nitrogens with one attached hydrogen (secondary N) is 1. The van der Waals surface area contributed by atoms with Gasteiger partial charge in [0.2, 0.25) is 5.91 Å². The Hall–Kier alpha value is -3.63. The van der Waals surface area contributed by atoms with Gasteiger partial charge in [0.25, 0.3) is 0 Å². The Morgan fingerprint density at radius 3 is 2.62 bits per heavy atom. The van der Waals surface area contributed by atoms with E-state index in [-0.39, 0.29) is 41.4 Å². The summed E-state index contributed by atoms with van der Waals surface area (Å²) in [5, 5.41) is 26.1. The van der Waals surface area contributed by atoms with Crippen LogP contribution in [0.25, 0.3) is 0 Å². The standard InChI is InChI=1S/C15H16N4O7/c1-25-12-6-9(15(21)22)5-11(14(12)26-2)17-13(20)3-4-18-8-10(7-16-18)19(23)24/h5-8H,3-4H2,1-2H3,(H,17,20)(H,21,22). The Bertz CT molecular complexity index is 847. The molecule has 0 bridgehead atoms. The zero-order chi connectivity index (χ0) is 19.3. The van der Waals surface area contributed by atoms with Crippen molar-refractivity contribution < 1.29 is 29.1 Å². The number of benzene rings is 1. The predicted octanol–water partition coefficient (Wildman–Crippen LogP) is 1.54. The molecule has 0 fully saturated rings. The lowest BCUT2D eigenvalue weighted by molar-refractivity contribution is -0.385. The van der Waals surface area contributed by atoms with Crippen molar-refractivity contribution >= 4 is 23.3 Å². The molecule has 11 nitrogen and oxygen atoms in total. The summed E-state index contributed by atoms with van der Waals surface area (Å²) >= 11 is 0. The molecule has 1 aromatic heterocycles. The van der Waals surface area contributed by atoms with Gasteiger partial charge in [-0.25, -0.2) is 4.79 Å². The minimum absolute atomic E-state index is 0.0401. The molecule has 0 aliphatic rings. The van der Waals surface area contributed by atoms with Crippen LogP contribution < -0.4 is 14.8 Å². The first-order chi connectivity index (χ1) is 12.3. The molecule has 0 atom stereocenters. The molecule has 0 aliphatic heterocycles. The molecule has 0 aliphatic carbocycles. The first kappa shape index (κ1) is 18.7. The summed E-state index contributed by atoms with van der Waals surface area (Å²) in [4.78, 5) is 33.4. The quantitative estimate of drug-likeness (QED) is 0.530. The fourth-order valence-corrected chi connectivity index (χ4v) is 2.18. The number of carbonyl (C=O) groups is 2. The van der Waals surface area contributed by atoms with Gasteiger partial charge in [0.15, 0.2) is 11.5 Å². The van der Waals surface area contributed by atoms with Crippen LogP contribution in [0.4, 0.5) is 11.4 Å². The zero-order valence-electron chi connectivity index (χ0n) is 14.0. The van der Waals surface area contributed by atoms with E-state index in [9.17, 15) is 19.7 Å². The first-order valence-corrected chi connectivity index (χ1v) is 7.31. The lowest BCUT2D eigenvalue weighted by atomic mass is 10.1. The highest BCUT2D eigenvalue weighted by molar-refractivity contribution is 5.96. The highest BCUT2D eigenvalue weighted by Crippen LogP contribution is 2.36. The normalized spacial score (nSPS) is 10.2. The second-order valence-corrected chi connectivity index (χ2v) is 5.08. The number of anilines is 1. The molecule has 0 saturated heterocycles. The molecular formula is C15H16N4O7. The van der Waals surface area contributed by atoms with Crippen LogP contribution in [0.1, 0.15) is 16.8 Å². The molecule has 0 saturated carbocycles. The number of amides is 1. The number of carboxylic acid groups (broad SMARTS) is 1. The Morgan fingerprint density at radius 2 is 2.08 bits per heavy atom. The van der Waals surface area contributed by atoms with E-state index in [0.717, 1.165) is 6.20 Å². The molecular weight excluding hydrogens is 348 g/mol. The number of aromatic carboxylic acids is 1. The Balaban J connectivity index is 2.12. The van der Waals surface area contributed by atoms with Crippen LogP contribution in [-0.4, -0.2) is 45.9 Å². The highest BCUT2D eigenvalue weighted by atomic mass is 16.6. The molecule has 0 spiro atoms. The number of aromatic nitrogens is 2. The van der Waals surface area contributed by atoms with Gasteiger partial charge < -0.3 is 19.9 Å².